The Hall–Kier alpha value is -3.79. The number of nitrogens with zero attached hydrogens (tertiary/aromatic N) is 2. The molecule has 0 aliphatic rings. The molecular formula is C32H39F2N3O4S. The fraction of sp³-hybridized carbons (Fsp3) is 0.375. The molecule has 0 aromatic heterocycles. The van der Waals surface area contributed by atoms with Crippen LogP contribution in [-0.2, 0) is 32.6 Å². The van der Waals surface area contributed by atoms with Gasteiger partial charge in [0.05, 0.1) is 11.9 Å². The summed E-state index contributed by atoms with van der Waals surface area (Å²) in [6.45, 7) is 7.60. The highest BCUT2D eigenvalue weighted by atomic mass is 32.2. The number of sulfonamides is 1. The number of rotatable bonds is 12. The average molecular weight is 600 g/mol. The third kappa shape index (κ3) is 9.65. The monoisotopic (exact) mass is 599 g/mol. The summed E-state index contributed by atoms with van der Waals surface area (Å²) >= 11 is 0. The number of anilines is 1. The lowest BCUT2D eigenvalue weighted by atomic mass is 10.00. The molecule has 3 aromatic carbocycles. The number of benzene rings is 3. The normalized spacial score (nSPS) is 12.5. The molecule has 0 saturated heterocycles. The number of carbonyl (C=O) groups excluding carboxylic acids is 2. The van der Waals surface area contributed by atoms with Gasteiger partial charge < -0.3 is 10.2 Å². The molecule has 0 spiro atoms. The first-order chi connectivity index (χ1) is 19.6. The topological polar surface area (TPSA) is 86.8 Å². The van der Waals surface area contributed by atoms with E-state index in [0.29, 0.717) is 0 Å². The summed E-state index contributed by atoms with van der Waals surface area (Å²) in [6, 6.07) is 19.1. The number of hydrogen-bond donors (Lipinski definition) is 1. The molecule has 0 radical (unpaired) electrons. The third-order valence-corrected chi connectivity index (χ3v) is 7.74. The maximum atomic E-state index is 13.9. The second-order valence-electron chi connectivity index (χ2n) is 11.5. The number of halogens is 2. The van der Waals surface area contributed by atoms with Crippen molar-refractivity contribution >= 4 is 27.5 Å². The van der Waals surface area contributed by atoms with Crippen LogP contribution >= 0.6 is 0 Å². The maximum absolute atomic E-state index is 13.9. The molecule has 2 amide bonds. The van der Waals surface area contributed by atoms with E-state index in [1.54, 1.807) is 4.90 Å². The standard InChI is InChI=1S/C32H39F2N3O4S/c1-23-11-9-14-25(19-23)22-36(29(31(39)35-32(2,3)4)20-24-12-7-6-8-13-24)30(38)15-10-18-37(42(5,40)41)26-16-17-27(33)28(34)21-26/h6-9,11-14,16-17,19,21,29H,10,15,18,20,22H2,1-5H3,(H,35,39). The van der Waals surface area contributed by atoms with Crippen LogP contribution in [0.15, 0.2) is 72.8 Å². The Labute approximate surface area is 247 Å². The zero-order valence-corrected chi connectivity index (χ0v) is 25.5. The predicted molar refractivity (Wildman–Crippen MR) is 161 cm³/mol. The first-order valence-electron chi connectivity index (χ1n) is 13.8. The number of aryl methyl sites for hydroxylation is 1. The van der Waals surface area contributed by atoms with Crippen LogP contribution in [0.2, 0.25) is 0 Å². The minimum atomic E-state index is -3.85. The zero-order valence-electron chi connectivity index (χ0n) is 24.7. The molecule has 0 saturated carbocycles. The summed E-state index contributed by atoms with van der Waals surface area (Å²) < 4.78 is 53.3. The minimum Gasteiger partial charge on any atom is -0.350 e. The average Bonchev–Trinajstić information content (AvgIpc) is 2.89. The Morgan fingerprint density at radius 3 is 2.17 bits per heavy atom. The van der Waals surface area contributed by atoms with Crippen molar-refractivity contribution < 1.29 is 26.8 Å². The van der Waals surface area contributed by atoms with E-state index in [4.69, 9.17) is 0 Å². The quantitative estimate of drug-likeness (QED) is 0.303. The van der Waals surface area contributed by atoms with E-state index in [-0.39, 0.29) is 49.9 Å². The molecule has 1 atom stereocenters. The third-order valence-electron chi connectivity index (χ3n) is 6.55. The van der Waals surface area contributed by atoms with Crippen LogP contribution in [-0.4, -0.2) is 49.5 Å². The molecule has 0 heterocycles. The highest BCUT2D eigenvalue weighted by Gasteiger charge is 2.32. The molecule has 3 rings (SSSR count). The van der Waals surface area contributed by atoms with Gasteiger partial charge in [-0.1, -0.05) is 60.2 Å². The fourth-order valence-electron chi connectivity index (χ4n) is 4.66. The first kappa shape index (κ1) is 32.7. The Bertz CT molecular complexity index is 1490. The van der Waals surface area contributed by atoms with E-state index in [0.717, 1.165) is 39.4 Å². The summed E-state index contributed by atoms with van der Waals surface area (Å²) in [5.74, 6) is -2.89. The summed E-state index contributed by atoms with van der Waals surface area (Å²) in [7, 11) is -3.85. The van der Waals surface area contributed by atoms with E-state index >= 15 is 0 Å². The smallest absolute Gasteiger partial charge is 0.243 e. The van der Waals surface area contributed by atoms with Gasteiger partial charge in [0.15, 0.2) is 11.6 Å². The van der Waals surface area contributed by atoms with Gasteiger partial charge in [0, 0.05) is 37.5 Å². The van der Waals surface area contributed by atoms with Gasteiger partial charge in [-0.25, -0.2) is 17.2 Å². The summed E-state index contributed by atoms with van der Waals surface area (Å²) in [5, 5.41) is 3.01. The Morgan fingerprint density at radius 1 is 0.905 bits per heavy atom. The molecule has 10 heteroatoms. The number of nitrogens with one attached hydrogen (secondary N) is 1. The van der Waals surface area contributed by atoms with Crippen LogP contribution in [0.4, 0.5) is 14.5 Å². The van der Waals surface area contributed by atoms with Gasteiger partial charge >= 0.3 is 0 Å². The van der Waals surface area contributed by atoms with Crippen molar-refractivity contribution in [3.05, 3.63) is 101 Å². The van der Waals surface area contributed by atoms with Crippen molar-refractivity contribution in [1.82, 2.24) is 10.2 Å². The van der Waals surface area contributed by atoms with Crippen LogP contribution in [0, 0.1) is 18.6 Å². The Balaban J connectivity index is 1.91. The van der Waals surface area contributed by atoms with Crippen molar-refractivity contribution in [2.45, 2.75) is 65.1 Å². The molecule has 0 fully saturated rings. The van der Waals surface area contributed by atoms with Crippen LogP contribution in [0.5, 0.6) is 0 Å². The van der Waals surface area contributed by atoms with Crippen LogP contribution < -0.4 is 9.62 Å². The lowest BCUT2D eigenvalue weighted by Gasteiger charge is -2.34. The molecule has 7 nitrogen and oxygen atoms in total. The number of amides is 2. The lowest BCUT2D eigenvalue weighted by Crippen LogP contribution is -2.54. The van der Waals surface area contributed by atoms with E-state index in [1.165, 1.54) is 6.07 Å². The second-order valence-corrected chi connectivity index (χ2v) is 13.4. The highest BCUT2D eigenvalue weighted by Crippen LogP contribution is 2.22. The molecule has 0 bridgehead atoms. The fourth-order valence-corrected chi connectivity index (χ4v) is 5.62. The van der Waals surface area contributed by atoms with Gasteiger partial charge in [-0.15, -0.1) is 0 Å². The zero-order chi connectivity index (χ0) is 31.1. The van der Waals surface area contributed by atoms with Crippen LogP contribution in [0.25, 0.3) is 0 Å². The van der Waals surface area contributed by atoms with Gasteiger partial charge in [-0.05, 0) is 57.4 Å². The largest absolute Gasteiger partial charge is 0.350 e. The second kappa shape index (κ2) is 13.9. The Morgan fingerprint density at radius 2 is 1.57 bits per heavy atom. The molecule has 42 heavy (non-hydrogen) atoms. The molecule has 226 valence electrons. The maximum Gasteiger partial charge on any atom is 0.243 e. The SMILES string of the molecule is Cc1cccc(CN(C(=O)CCCN(c2ccc(F)c(F)c2)S(C)(=O)=O)C(Cc2ccccc2)C(=O)NC(C)(C)C)c1. The summed E-state index contributed by atoms with van der Waals surface area (Å²) in [6.07, 6.45) is 1.27. The predicted octanol–water partition coefficient (Wildman–Crippen LogP) is 5.37. The van der Waals surface area contributed by atoms with E-state index < -0.39 is 33.2 Å². The molecule has 3 aromatic rings. The Kier molecular flexibility index (Phi) is 10.8. The summed E-state index contributed by atoms with van der Waals surface area (Å²) in [4.78, 5) is 29.1. The molecule has 1 unspecified atom stereocenters. The molecule has 1 N–H and O–H groups in total. The molecule has 0 aliphatic carbocycles. The van der Waals surface area contributed by atoms with Crippen molar-refractivity contribution in [3.63, 3.8) is 0 Å². The van der Waals surface area contributed by atoms with Gasteiger partial charge in [0.25, 0.3) is 0 Å². The van der Waals surface area contributed by atoms with Gasteiger partial charge in [0.2, 0.25) is 21.8 Å². The molecule has 0 aliphatic heterocycles. The summed E-state index contributed by atoms with van der Waals surface area (Å²) in [5.41, 5.74) is 2.17. The van der Waals surface area contributed by atoms with Crippen molar-refractivity contribution in [2.75, 3.05) is 17.1 Å². The van der Waals surface area contributed by atoms with Crippen molar-refractivity contribution in [1.29, 1.82) is 0 Å². The molecular weight excluding hydrogens is 560 g/mol. The number of carbonyl (C=O) groups is 2. The van der Waals surface area contributed by atoms with Crippen LogP contribution in [0.3, 0.4) is 0 Å². The van der Waals surface area contributed by atoms with Crippen LogP contribution in [0.1, 0.15) is 50.3 Å². The first-order valence-corrected chi connectivity index (χ1v) is 15.6. The van der Waals surface area contributed by atoms with E-state index in [9.17, 15) is 26.8 Å². The van der Waals surface area contributed by atoms with Crippen molar-refractivity contribution in [3.8, 4) is 0 Å². The van der Waals surface area contributed by atoms with E-state index in [2.05, 4.69) is 5.32 Å². The van der Waals surface area contributed by atoms with E-state index in [1.807, 2.05) is 82.3 Å². The highest BCUT2D eigenvalue weighted by molar-refractivity contribution is 7.92. The number of hydrogen-bond acceptors (Lipinski definition) is 4. The van der Waals surface area contributed by atoms with Gasteiger partial charge in [0.1, 0.15) is 6.04 Å². The lowest BCUT2D eigenvalue weighted by molar-refractivity contribution is -0.142. The van der Waals surface area contributed by atoms with Gasteiger partial charge in [-0.2, -0.15) is 0 Å². The van der Waals surface area contributed by atoms with Gasteiger partial charge in [-0.3, -0.25) is 13.9 Å². The minimum absolute atomic E-state index is 0.0352. The van der Waals surface area contributed by atoms with Crippen molar-refractivity contribution in [2.24, 2.45) is 0 Å².